The number of rotatable bonds is 2. The third-order valence-electron chi connectivity index (χ3n) is 2.15. The van der Waals surface area contributed by atoms with Gasteiger partial charge in [0.2, 0.25) is 0 Å². The van der Waals surface area contributed by atoms with Crippen molar-refractivity contribution in [1.29, 1.82) is 0 Å². The second-order valence-corrected chi connectivity index (χ2v) is 3.40. The lowest BCUT2D eigenvalue weighted by Gasteiger charge is -2.04. The molecule has 18 heavy (non-hydrogen) atoms. The van der Waals surface area contributed by atoms with Crippen molar-refractivity contribution in [2.75, 3.05) is 0 Å². The lowest BCUT2D eigenvalue weighted by atomic mass is 10.2. The zero-order valence-corrected chi connectivity index (χ0v) is 9.37. The van der Waals surface area contributed by atoms with E-state index in [1.54, 1.807) is 42.5 Å². The molecule has 0 radical (unpaired) electrons. The summed E-state index contributed by atoms with van der Waals surface area (Å²) in [7, 11) is 0. The average molecular weight is 242 g/mol. The van der Waals surface area contributed by atoms with Gasteiger partial charge in [-0.05, 0) is 24.3 Å². The molecule has 0 aliphatic heterocycles. The van der Waals surface area contributed by atoms with Gasteiger partial charge in [-0.15, -0.1) is 0 Å². The van der Waals surface area contributed by atoms with E-state index in [1.165, 1.54) is 12.3 Å². The number of hydroxylamine groups is 1. The van der Waals surface area contributed by atoms with Crippen molar-refractivity contribution in [2.24, 2.45) is 0 Å². The zero-order valence-electron chi connectivity index (χ0n) is 9.37. The smallest absolute Gasteiger partial charge is 0.333 e. The number of carbonyl (C=O) groups is 2. The van der Waals surface area contributed by atoms with E-state index in [4.69, 9.17) is 0 Å². The van der Waals surface area contributed by atoms with Gasteiger partial charge >= 0.3 is 5.97 Å². The molecule has 0 bridgehead atoms. The molecule has 0 atom stereocenters. The van der Waals surface area contributed by atoms with Gasteiger partial charge in [-0.3, -0.25) is 4.79 Å². The second kappa shape index (κ2) is 5.58. The molecule has 0 spiro atoms. The van der Waals surface area contributed by atoms with Crippen molar-refractivity contribution in [3.8, 4) is 0 Å². The summed E-state index contributed by atoms with van der Waals surface area (Å²) in [6.07, 6.45) is 1.47. The van der Waals surface area contributed by atoms with Crippen LogP contribution in [-0.2, 0) is 4.84 Å². The van der Waals surface area contributed by atoms with E-state index in [1.807, 2.05) is 0 Å². The molecular weight excluding hydrogens is 232 g/mol. The first-order valence-corrected chi connectivity index (χ1v) is 5.25. The average Bonchev–Trinajstić information content (AvgIpc) is 2.46. The number of nitrogens with zero attached hydrogens (tertiary/aromatic N) is 1. The van der Waals surface area contributed by atoms with Crippen LogP contribution in [0.15, 0.2) is 54.7 Å². The van der Waals surface area contributed by atoms with Gasteiger partial charge < -0.3 is 4.84 Å². The first-order chi connectivity index (χ1) is 8.77. The van der Waals surface area contributed by atoms with Gasteiger partial charge in [0, 0.05) is 11.8 Å². The zero-order chi connectivity index (χ0) is 12.8. The second-order valence-electron chi connectivity index (χ2n) is 3.40. The maximum atomic E-state index is 11.6. The highest BCUT2D eigenvalue weighted by Crippen LogP contribution is 1.99. The van der Waals surface area contributed by atoms with E-state index in [0.29, 0.717) is 5.56 Å². The van der Waals surface area contributed by atoms with Crippen LogP contribution in [0.2, 0.25) is 0 Å². The molecule has 90 valence electrons. The van der Waals surface area contributed by atoms with Crippen LogP contribution in [0.25, 0.3) is 0 Å². The Morgan fingerprint density at radius 1 is 1.00 bits per heavy atom. The Kier molecular flexibility index (Phi) is 3.66. The van der Waals surface area contributed by atoms with Gasteiger partial charge in [-0.2, -0.15) is 5.48 Å². The molecule has 1 N–H and O–H groups in total. The summed E-state index contributed by atoms with van der Waals surface area (Å²) in [6, 6.07) is 13.3. The summed E-state index contributed by atoms with van der Waals surface area (Å²) in [5.74, 6) is -1.19. The van der Waals surface area contributed by atoms with Crippen LogP contribution in [0, 0.1) is 0 Å². The van der Waals surface area contributed by atoms with Crippen molar-refractivity contribution in [3.63, 3.8) is 0 Å². The van der Waals surface area contributed by atoms with Gasteiger partial charge in [0.1, 0.15) is 0 Å². The Morgan fingerprint density at radius 2 is 1.72 bits per heavy atom. The molecule has 0 aliphatic carbocycles. The Bertz CT molecular complexity index is 489. The topological polar surface area (TPSA) is 68.3 Å². The van der Waals surface area contributed by atoms with Gasteiger partial charge in [0.05, 0.1) is 0 Å². The highest BCUT2D eigenvalue weighted by Gasteiger charge is 2.11. The lowest BCUT2D eigenvalue weighted by Crippen LogP contribution is -2.27. The Balaban J connectivity index is 1.93. The predicted octanol–water partition coefficient (Wildman–Crippen LogP) is 1.58. The van der Waals surface area contributed by atoms with Crippen LogP contribution < -0.4 is 5.48 Å². The molecule has 1 aromatic heterocycles. The third-order valence-corrected chi connectivity index (χ3v) is 2.15. The van der Waals surface area contributed by atoms with Crippen LogP contribution in [-0.4, -0.2) is 16.9 Å². The van der Waals surface area contributed by atoms with E-state index in [9.17, 15) is 9.59 Å². The minimum absolute atomic E-state index is 0.130. The molecule has 1 aromatic carbocycles. The summed E-state index contributed by atoms with van der Waals surface area (Å²) in [6.45, 7) is 0. The molecule has 1 heterocycles. The van der Waals surface area contributed by atoms with Crippen LogP contribution in [0.1, 0.15) is 20.8 Å². The van der Waals surface area contributed by atoms with Crippen molar-refractivity contribution >= 4 is 11.9 Å². The molecule has 1 amide bonds. The summed E-state index contributed by atoms with van der Waals surface area (Å²) in [5, 5.41) is 0. The fourth-order valence-electron chi connectivity index (χ4n) is 1.28. The number of aromatic nitrogens is 1. The van der Waals surface area contributed by atoms with Gasteiger partial charge in [-0.25, -0.2) is 9.78 Å². The molecule has 2 rings (SSSR count). The Morgan fingerprint density at radius 3 is 2.39 bits per heavy atom. The summed E-state index contributed by atoms with van der Waals surface area (Å²) in [5.41, 5.74) is 2.61. The third kappa shape index (κ3) is 2.91. The molecule has 0 fully saturated rings. The quantitative estimate of drug-likeness (QED) is 0.812. The summed E-state index contributed by atoms with van der Waals surface area (Å²) < 4.78 is 0. The fourth-order valence-corrected chi connectivity index (χ4v) is 1.28. The number of carbonyl (C=O) groups excluding carboxylic acids is 2. The maximum absolute atomic E-state index is 11.6. The maximum Gasteiger partial charge on any atom is 0.381 e. The molecule has 0 aliphatic rings. The van der Waals surface area contributed by atoms with Crippen LogP contribution in [0.5, 0.6) is 0 Å². The number of benzene rings is 1. The number of hydrogen-bond donors (Lipinski definition) is 1. The first kappa shape index (κ1) is 11.8. The van der Waals surface area contributed by atoms with E-state index in [2.05, 4.69) is 15.3 Å². The lowest BCUT2D eigenvalue weighted by molar-refractivity contribution is 0.0224. The van der Waals surface area contributed by atoms with E-state index in [-0.39, 0.29) is 5.69 Å². The van der Waals surface area contributed by atoms with Crippen molar-refractivity contribution in [1.82, 2.24) is 10.5 Å². The molecule has 0 saturated carbocycles. The van der Waals surface area contributed by atoms with Gasteiger partial charge in [-0.1, -0.05) is 24.3 Å². The molecule has 2 aromatic rings. The van der Waals surface area contributed by atoms with E-state index >= 15 is 0 Å². The van der Waals surface area contributed by atoms with Gasteiger partial charge in [0.25, 0.3) is 5.91 Å². The first-order valence-electron chi connectivity index (χ1n) is 5.25. The molecule has 0 unspecified atom stereocenters. The van der Waals surface area contributed by atoms with Gasteiger partial charge in [0.15, 0.2) is 5.69 Å². The normalized spacial score (nSPS) is 9.56. The van der Waals surface area contributed by atoms with Crippen molar-refractivity contribution in [2.45, 2.75) is 0 Å². The fraction of sp³-hybridized carbons (Fsp3) is 0. The minimum Gasteiger partial charge on any atom is -0.333 e. The van der Waals surface area contributed by atoms with Crippen LogP contribution >= 0.6 is 0 Å². The largest absolute Gasteiger partial charge is 0.381 e. The Hall–Kier alpha value is -2.69. The summed E-state index contributed by atoms with van der Waals surface area (Å²) >= 11 is 0. The van der Waals surface area contributed by atoms with E-state index < -0.39 is 11.9 Å². The Labute approximate surface area is 103 Å². The summed E-state index contributed by atoms with van der Waals surface area (Å²) in [4.78, 5) is 31.5. The standard InChI is InChI=1S/C13H10N2O3/c16-12(10-6-2-1-3-7-10)15-18-13(17)11-8-4-5-9-14-11/h1-9H,(H,15,16). The number of nitrogens with one attached hydrogen (secondary N) is 1. The minimum atomic E-state index is -0.708. The van der Waals surface area contributed by atoms with Crippen LogP contribution in [0.4, 0.5) is 0 Å². The monoisotopic (exact) mass is 242 g/mol. The number of pyridine rings is 1. The molecule has 5 nitrogen and oxygen atoms in total. The molecule has 0 saturated heterocycles. The van der Waals surface area contributed by atoms with Crippen molar-refractivity contribution in [3.05, 3.63) is 66.0 Å². The highest BCUT2D eigenvalue weighted by atomic mass is 16.7. The number of amides is 1. The number of hydrogen-bond acceptors (Lipinski definition) is 4. The molecular formula is C13H10N2O3. The highest BCUT2D eigenvalue weighted by molar-refractivity contribution is 5.95. The van der Waals surface area contributed by atoms with Crippen molar-refractivity contribution < 1.29 is 14.4 Å². The SMILES string of the molecule is O=C(NOC(=O)c1ccccn1)c1ccccc1. The molecule has 5 heteroatoms. The van der Waals surface area contributed by atoms with Crippen LogP contribution in [0.3, 0.4) is 0 Å². The predicted molar refractivity (Wildman–Crippen MR) is 63.6 cm³/mol. The van der Waals surface area contributed by atoms with E-state index in [0.717, 1.165) is 0 Å².